The van der Waals surface area contributed by atoms with E-state index in [4.69, 9.17) is 5.73 Å². The molecule has 1 aromatic heterocycles. The molecule has 20 heavy (non-hydrogen) atoms. The molecule has 3 aromatic rings. The van der Waals surface area contributed by atoms with Crippen LogP contribution in [-0.2, 0) is 6.54 Å². The van der Waals surface area contributed by atoms with Gasteiger partial charge in [-0.1, -0.05) is 60.7 Å². The van der Waals surface area contributed by atoms with Crippen LogP contribution >= 0.6 is 11.3 Å². The molecule has 1 heterocycles. The summed E-state index contributed by atoms with van der Waals surface area (Å²) in [5.74, 6) is 0.183. The molecular weight excluding hydrogens is 264 g/mol. The van der Waals surface area contributed by atoms with Crippen molar-refractivity contribution in [2.24, 2.45) is 5.73 Å². The van der Waals surface area contributed by atoms with E-state index in [-0.39, 0.29) is 5.92 Å². The zero-order valence-corrected chi connectivity index (χ0v) is 11.9. The minimum absolute atomic E-state index is 0.183. The second-order valence-corrected chi connectivity index (χ2v) is 5.77. The molecular formula is C17H16N2S. The molecule has 0 fully saturated rings. The smallest absolute Gasteiger partial charge is 0.105 e. The summed E-state index contributed by atoms with van der Waals surface area (Å²) < 4.78 is 0. The van der Waals surface area contributed by atoms with Crippen LogP contribution in [0.2, 0.25) is 0 Å². The van der Waals surface area contributed by atoms with Crippen molar-refractivity contribution in [1.29, 1.82) is 0 Å². The number of nitrogens with two attached hydrogens (primary N) is 1. The topological polar surface area (TPSA) is 38.9 Å². The van der Waals surface area contributed by atoms with Gasteiger partial charge in [0.1, 0.15) is 5.01 Å². The summed E-state index contributed by atoms with van der Waals surface area (Å²) in [6, 6.07) is 21.0. The van der Waals surface area contributed by atoms with E-state index < -0.39 is 0 Å². The number of rotatable bonds is 4. The molecule has 0 saturated carbocycles. The van der Waals surface area contributed by atoms with Gasteiger partial charge >= 0.3 is 0 Å². The zero-order chi connectivity index (χ0) is 13.8. The number of hydrogen-bond donors (Lipinski definition) is 1. The van der Waals surface area contributed by atoms with Gasteiger partial charge in [-0.25, -0.2) is 4.98 Å². The molecule has 3 rings (SSSR count). The van der Waals surface area contributed by atoms with E-state index in [2.05, 4.69) is 53.5 Å². The summed E-state index contributed by atoms with van der Waals surface area (Å²) in [6.07, 6.45) is 1.89. The highest BCUT2D eigenvalue weighted by molar-refractivity contribution is 7.11. The highest BCUT2D eigenvalue weighted by atomic mass is 32.1. The van der Waals surface area contributed by atoms with Crippen molar-refractivity contribution in [3.8, 4) is 0 Å². The molecule has 0 unspecified atom stereocenters. The molecule has 0 aliphatic carbocycles. The molecule has 100 valence electrons. The number of thiazole rings is 1. The second kappa shape index (κ2) is 5.99. The van der Waals surface area contributed by atoms with E-state index in [0.717, 1.165) is 9.88 Å². The van der Waals surface area contributed by atoms with Gasteiger partial charge in [-0.2, -0.15) is 0 Å². The van der Waals surface area contributed by atoms with Crippen LogP contribution < -0.4 is 5.73 Å². The van der Waals surface area contributed by atoms with Crippen LogP contribution in [0, 0.1) is 0 Å². The van der Waals surface area contributed by atoms with Gasteiger partial charge in [-0.05, 0) is 11.1 Å². The fourth-order valence-electron chi connectivity index (χ4n) is 2.32. The van der Waals surface area contributed by atoms with Crippen molar-refractivity contribution < 1.29 is 0 Å². The highest BCUT2D eigenvalue weighted by Gasteiger charge is 2.19. The van der Waals surface area contributed by atoms with Gasteiger partial charge in [0, 0.05) is 17.6 Å². The maximum absolute atomic E-state index is 5.71. The summed E-state index contributed by atoms with van der Waals surface area (Å²) in [5, 5.41) is 1.10. The van der Waals surface area contributed by atoms with E-state index in [1.807, 2.05) is 18.3 Å². The average molecular weight is 280 g/mol. The monoisotopic (exact) mass is 280 g/mol. The largest absolute Gasteiger partial charge is 0.326 e. The van der Waals surface area contributed by atoms with Gasteiger partial charge in [-0.3, -0.25) is 0 Å². The van der Waals surface area contributed by atoms with Gasteiger partial charge in [0.2, 0.25) is 0 Å². The Morgan fingerprint density at radius 3 is 1.90 bits per heavy atom. The minimum atomic E-state index is 0.183. The third kappa shape index (κ3) is 2.64. The Morgan fingerprint density at radius 1 is 0.900 bits per heavy atom. The fourth-order valence-corrected chi connectivity index (χ4v) is 3.27. The van der Waals surface area contributed by atoms with Gasteiger partial charge < -0.3 is 5.73 Å². The minimum Gasteiger partial charge on any atom is -0.326 e. The second-order valence-electron chi connectivity index (χ2n) is 4.62. The quantitative estimate of drug-likeness (QED) is 0.790. The van der Waals surface area contributed by atoms with Crippen LogP contribution in [0.15, 0.2) is 66.9 Å². The van der Waals surface area contributed by atoms with Crippen molar-refractivity contribution in [2.75, 3.05) is 0 Å². The van der Waals surface area contributed by atoms with E-state index in [0.29, 0.717) is 6.54 Å². The molecule has 2 N–H and O–H groups in total. The van der Waals surface area contributed by atoms with E-state index in [1.165, 1.54) is 11.1 Å². The summed E-state index contributed by atoms with van der Waals surface area (Å²) in [7, 11) is 0. The Hall–Kier alpha value is -1.97. The molecule has 0 amide bonds. The van der Waals surface area contributed by atoms with Gasteiger partial charge in [0.15, 0.2) is 0 Å². The fraction of sp³-hybridized carbons (Fsp3) is 0.118. The molecule has 3 heteroatoms. The lowest BCUT2D eigenvalue weighted by Crippen LogP contribution is -2.02. The van der Waals surface area contributed by atoms with Crippen molar-refractivity contribution >= 4 is 11.3 Å². The zero-order valence-electron chi connectivity index (χ0n) is 11.1. The summed E-state index contributed by atoms with van der Waals surface area (Å²) in [6.45, 7) is 0.550. The maximum atomic E-state index is 5.71. The van der Waals surface area contributed by atoms with E-state index in [1.54, 1.807) is 11.3 Å². The van der Waals surface area contributed by atoms with Crippen molar-refractivity contribution in [3.05, 3.63) is 87.9 Å². The molecule has 2 nitrogen and oxygen atoms in total. The predicted octanol–water partition coefficient (Wildman–Crippen LogP) is 3.78. The van der Waals surface area contributed by atoms with Gasteiger partial charge in [0.25, 0.3) is 0 Å². The van der Waals surface area contributed by atoms with Crippen LogP contribution in [0.1, 0.15) is 26.9 Å². The third-order valence-corrected chi connectivity index (χ3v) is 4.37. The molecule has 2 aromatic carbocycles. The third-order valence-electron chi connectivity index (χ3n) is 3.29. The summed E-state index contributed by atoms with van der Waals surface area (Å²) >= 11 is 1.69. The molecule has 0 bridgehead atoms. The van der Waals surface area contributed by atoms with Crippen LogP contribution in [0.25, 0.3) is 0 Å². The standard InChI is InChI=1S/C17H16N2S/c18-11-15-12-19-17(20-15)16(13-7-3-1-4-8-13)14-9-5-2-6-10-14/h1-10,12,16H,11,18H2. The first kappa shape index (κ1) is 13.0. The van der Waals surface area contributed by atoms with Crippen LogP contribution in [0.3, 0.4) is 0 Å². The van der Waals surface area contributed by atoms with Crippen LogP contribution in [-0.4, -0.2) is 4.98 Å². The molecule has 0 saturated heterocycles. The lowest BCUT2D eigenvalue weighted by atomic mass is 9.92. The van der Waals surface area contributed by atoms with Crippen LogP contribution in [0.4, 0.5) is 0 Å². The average Bonchev–Trinajstić information content (AvgIpc) is 2.98. The molecule has 0 atom stereocenters. The lowest BCUT2D eigenvalue weighted by molar-refractivity contribution is 0.954. The molecule has 0 aliphatic heterocycles. The SMILES string of the molecule is NCc1cnc(C(c2ccccc2)c2ccccc2)s1. The first-order chi connectivity index (χ1) is 9.88. The lowest BCUT2D eigenvalue weighted by Gasteiger charge is -2.15. The van der Waals surface area contributed by atoms with Crippen molar-refractivity contribution in [1.82, 2.24) is 4.98 Å². The maximum Gasteiger partial charge on any atom is 0.105 e. The Kier molecular flexibility index (Phi) is 3.90. The number of hydrogen-bond acceptors (Lipinski definition) is 3. The highest BCUT2D eigenvalue weighted by Crippen LogP contribution is 2.33. The van der Waals surface area contributed by atoms with Crippen LogP contribution in [0.5, 0.6) is 0 Å². The summed E-state index contributed by atoms with van der Waals surface area (Å²) in [4.78, 5) is 5.70. The normalized spacial score (nSPS) is 10.9. The first-order valence-corrected chi connectivity index (χ1v) is 7.44. The Labute approximate surface area is 122 Å². The summed E-state index contributed by atoms with van der Waals surface area (Å²) in [5.41, 5.74) is 8.23. The van der Waals surface area contributed by atoms with Crippen molar-refractivity contribution in [2.45, 2.75) is 12.5 Å². The first-order valence-electron chi connectivity index (χ1n) is 6.63. The molecule has 0 spiro atoms. The Bertz CT molecular complexity index is 622. The number of aromatic nitrogens is 1. The van der Waals surface area contributed by atoms with Crippen molar-refractivity contribution in [3.63, 3.8) is 0 Å². The van der Waals surface area contributed by atoms with E-state index in [9.17, 15) is 0 Å². The Morgan fingerprint density at radius 2 is 1.45 bits per heavy atom. The number of benzene rings is 2. The van der Waals surface area contributed by atoms with E-state index >= 15 is 0 Å². The van der Waals surface area contributed by atoms with Gasteiger partial charge in [0.05, 0.1) is 5.92 Å². The number of nitrogens with zero attached hydrogens (tertiary/aromatic N) is 1. The molecule has 0 radical (unpaired) electrons. The van der Waals surface area contributed by atoms with Gasteiger partial charge in [-0.15, -0.1) is 11.3 Å². The molecule has 0 aliphatic rings. The predicted molar refractivity (Wildman–Crippen MR) is 83.8 cm³/mol. The Balaban J connectivity index is 2.09.